The van der Waals surface area contributed by atoms with E-state index in [0.717, 1.165) is 63.5 Å². The molecular weight excluding hydrogens is 372 g/mol. The number of nitrogens with two attached hydrogens (primary N) is 1. The highest BCUT2D eigenvalue weighted by Gasteiger charge is 2.40. The van der Waals surface area contributed by atoms with Crippen LogP contribution >= 0.6 is 0 Å². The standard InChI is InChI=1S/C21H32N4O4/c1-27-16-4-2-15(3-5-16)24-20-23-13-17(19(22)26)18(25-20)12-14-6-8-21(9-7-14)28-10-11-29-21/h13-16H,2-12H2,1H3,(H2,22,26)(H,23,24,25). The van der Waals surface area contributed by atoms with Crippen LogP contribution in [0.4, 0.5) is 5.95 Å². The summed E-state index contributed by atoms with van der Waals surface area (Å²) in [4.78, 5) is 20.9. The van der Waals surface area contributed by atoms with Crippen LogP contribution in [0.15, 0.2) is 6.20 Å². The fourth-order valence-corrected chi connectivity index (χ4v) is 4.85. The highest BCUT2D eigenvalue weighted by Crippen LogP contribution is 2.39. The van der Waals surface area contributed by atoms with Crippen molar-refractivity contribution in [3.8, 4) is 0 Å². The molecule has 3 N–H and O–H groups in total. The van der Waals surface area contributed by atoms with Crippen LogP contribution in [0.5, 0.6) is 0 Å². The highest BCUT2D eigenvalue weighted by molar-refractivity contribution is 5.93. The molecule has 1 aromatic heterocycles. The number of anilines is 1. The first-order valence-electron chi connectivity index (χ1n) is 10.8. The second-order valence-electron chi connectivity index (χ2n) is 8.53. The molecule has 1 amide bonds. The Morgan fingerprint density at radius 2 is 1.90 bits per heavy atom. The third kappa shape index (κ3) is 4.87. The lowest BCUT2D eigenvalue weighted by Gasteiger charge is -2.35. The first kappa shape index (κ1) is 20.5. The minimum atomic E-state index is -0.470. The summed E-state index contributed by atoms with van der Waals surface area (Å²) >= 11 is 0. The van der Waals surface area contributed by atoms with E-state index in [1.165, 1.54) is 0 Å². The summed E-state index contributed by atoms with van der Waals surface area (Å²) in [5, 5.41) is 3.44. The van der Waals surface area contributed by atoms with Crippen molar-refractivity contribution in [2.24, 2.45) is 11.7 Å². The molecule has 1 aromatic rings. The van der Waals surface area contributed by atoms with Gasteiger partial charge in [0.05, 0.1) is 30.6 Å². The van der Waals surface area contributed by atoms with Crippen LogP contribution in [0.1, 0.15) is 67.4 Å². The number of primary amides is 1. The number of amides is 1. The zero-order chi connectivity index (χ0) is 20.3. The number of carbonyl (C=O) groups excluding carboxylic acids is 1. The van der Waals surface area contributed by atoms with Gasteiger partial charge in [-0.3, -0.25) is 4.79 Å². The van der Waals surface area contributed by atoms with Crippen LogP contribution in [-0.4, -0.2) is 54.1 Å². The number of hydrogen-bond acceptors (Lipinski definition) is 7. The molecule has 0 bridgehead atoms. The largest absolute Gasteiger partial charge is 0.381 e. The van der Waals surface area contributed by atoms with Crippen molar-refractivity contribution in [2.75, 3.05) is 25.6 Å². The summed E-state index contributed by atoms with van der Waals surface area (Å²) in [7, 11) is 1.77. The molecule has 0 radical (unpaired) electrons. The lowest BCUT2D eigenvalue weighted by molar-refractivity contribution is -0.182. The average molecular weight is 405 g/mol. The molecule has 160 valence electrons. The number of ether oxygens (including phenoxy) is 3. The number of nitrogens with zero attached hydrogens (tertiary/aromatic N) is 2. The summed E-state index contributed by atoms with van der Waals surface area (Å²) in [5.41, 5.74) is 6.75. The molecule has 8 nitrogen and oxygen atoms in total. The van der Waals surface area contributed by atoms with Crippen molar-refractivity contribution in [3.63, 3.8) is 0 Å². The van der Waals surface area contributed by atoms with Crippen LogP contribution in [0, 0.1) is 5.92 Å². The molecule has 0 atom stereocenters. The number of rotatable bonds is 6. The highest BCUT2D eigenvalue weighted by atomic mass is 16.7. The van der Waals surface area contributed by atoms with Gasteiger partial charge in [0.15, 0.2) is 5.79 Å². The summed E-state index contributed by atoms with van der Waals surface area (Å²) in [6.45, 7) is 1.37. The van der Waals surface area contributed by atoms with Gasteiger partial charge in [0.25, 0.3) is 5.91 Å². The summed E-state index contributed by atoms with van der Waals surface area (Å²) in [5.74, 6) is 0.177. The normalized spacial score (nSPS) is 27.2. The number of hydrogen-bond donors (Lipinski definition) is 2. The smallest absolute Gasteiger partial charge is 0.252 e. The van der Waals surface area contributed by atoms with Crippen LogP contribution in [0.3, 0.4) is 0 Å². The van der Waals surface area contributed by atoms with Crippen molar-refractivity contribution in [2.45, 2.75) is 75.7 Å². The summed E-state index contributed by atoms with van der Waals surface area (Å²) in [6, 6.07) is 0.333. The van der Waals surface area contributed by atoms with Crippen molar-refractivity contribution < 1.29 is 19.0 Å². The van der Waals surface area contributed by atoms with Crippen molar-refractivity contribution >= 4 is 11.9 Å². The van der Waals surface area contributed by atoms with Gasteiger partial charge in [0.2, 0.25) is 5.95 Å². The van der Waals surface area contributed by atoms with Gasteiger partial charge in [-0.2, -0.15) is 0 Å². The van der Waals surface area contributed by atoms with E-state index in [9.17, 15) is 4.79 Å². The van der Waals surface area contributed by atoms with E-state index in [1.54, 1.807) is 13.3 Å². The Kier molecular flexibility index (Phi) is 6.32. The molecule has 4 rings (SSSR count). The Labute approximate surface area is 171 Å². The maximum Gasteiger partial charge on any atom is 0.252 e. The predicted octanol–water partition coefficient (Wildman–Crippen LogP) is 2.42. The Balaban J connectivity index is 1.40. The van der Waals surface area contributed by atoms with Gasteiger partial charge in [-0.15, -0.1) is 0 Å². The van der Waals surface area contributed by atoms with Crippen LogP contribution in [0.25, 0.3) is 0 Å². The SMILES string of the molecule is COC1CCC(Nc2ncc(C(N)=O)c(CC3CCC4(CC3)OCCO4)n2)CC1. The molecule has 3 fully saturated rings. The molecule has 0 unspecified atom stereocenters. The van der Waals surface area contributed by atoms with E-state index in [2.05, 4.69) is 10.3 Å². The number of carbonyl (C=O) groups is 1. The second kappa shape index (κ2) is 8.93. The zero-order valence-electron chi connectivity index (χ0n) is 17.2. The quantitative estimate of drug-likeness (QED) is 0.749. The molecule has 2 heterocycles. The molecule has 1 saturated heterocycles. The topological polar surface area (TPSA) is 109 Å². The Bertz CT molecular complexity index is 705. The molecule has 1 spiro atoms. The van der Waals surface area contributed by atoms with Gasteiger partial charge < -0.3 is 25.3 Å². The number of aromatic nitrogens is 2. The Hall–Kier alpha value is -1.77. The zero-order valence-corrected chi connectivity index (χ0v) is 17.2. The molecular formula is C21H32N4O4. The van der Waals surface area contributed by atoms with Gasteiger partial charge in [-0.1, -0.05) is 0 Å². The first-order valence-corrected chi connectivity index (χ1v) is 10.8. The maximum absolute atomic E-state index is 11.9. The van der Waals surface area contributed by atoms with Crippen molar-refractivity contribution in [3.05, 3.63) is 17.5 Å². The van der Waals surface area contributed by atoms with E-state index < -0.39 is 5.91 Å². The van der Waals surface area contributed by atoms with Crippen molar-refractivity contribution in [1.29, 1.82) is 0 Å². The lowest BCUT2D eigenvalue weighted by atomic mass is 9.82. The van der Waals surface area contributed by atoms with Crippen LogP contribution < -0.4 is 11.1 Å². The predicted molar refractivity (Wildman–Crippen MR) is 108 cm³/mol. The lowest BCUT2D eigenvalue weighted by Crippen LogP contribution is -2.35. The average Bonchev–Trinajstić information content (AvgIpc) is 3.18. The minimum Gasteiger partial charge on any atom is -0.381 e. The van der Waals surface area contributed by atoms with Crippen LogP contribution in [0.2, 0.25) is 0 Å². The number of nitrogens with one attached hydrogen (secondary N) is 1. The fourth-order valence-electron chi connectivity index (χ4n) is 4.85. The maximum atomic E-state index is 11.9. The fraction of sp³-hybridized carbons (Fsp3) is 0.762. The third-order valence-electron chi connectivity index (χ3n) is 6.64. The van der Waals surface area contributed by atoms with Gasteiger partial charge >= 0.3 is 0 Å². The van der Waals surface area contributed by atoms with E-state index in [0.29, 0.717) is 42.8 Å². The second-order valence-corrected chi connectivity index (χ2v) is 8.53. The van der Waals surface area contributed by atoms with Crippen LogP contribution in [-0.2, 0) is 20.6 Å². The molecule has 3 aliphatic rings. The minimum absolute atomic E-state index is 0.333. The van der Waals surface area contributed by atoms with Gasteiger partial charge in [-0.25, -0.2) is 9.97 Å². The van der Waals surface area contributed by atoms with Gasteiger partial charge in [0.1, 0.15) is 0 Å². The van der Waals surface area contributed by atoms with E-state index in [-0.39, 0.29) is 5.79 Å². The molecule has 1 aliphatic heterocycles. The Morgan fingerprint density at radius 1 is 1.21 bits per heavy atom. The Morgan fingerprint density at radius 3 is 2.52 bits per heavy atom. The molecule has 8 heteroatoms. The molecule has 2 aliphatic carbocycles. The molecule has 29 heavy (non-hydrogen) atoms. The molecule has 0 aromatic carbocycles. The van der Waals surface area contributed by atoms with E-state index in [1.807, 2.05) is 0 Å². The summed E-state index contributed by atoms with van der Waals surface area (Å²) in [6.07, 6.45) is 10.5. The monoisotopic (exact) mass is 404 g/mol. The van der Waals surface area contributed by atoms with Gasteiger partial charge in [-0.05, 0) is 50.9 Å². The van der Waals surface area contributed by atoms with E-state index >= 15 is 0 Å². The summed E-state index contributed by atoms with van der Waals surface area (Å²) < 4.78 is 17.1. The van der Waals surface area contributed by atoms with Crippen molar-refractivity contribution in [1.82, 2.24) is 9.97 Å². The third-order valence-corrected chi connectivity index (χ3v) is 6.64. The van der Waals surface area contributed by atoms with E-state index in [4.69, 9.17) is 24.9 Å². The number of methoxy groups -OCH3 is 1. The first-order chi connectivity index (χ1) is 14.1. The molecule has 2 saturated carbocycles. The van der Waals surface area contributed by atoms with Gasteiger partial charge in [0, 0.05) is 32.2 Å².